The molecule has 0 spiro atoms. The number of methoxy groups -OCH3 is 1. The number of aromatic nitrogens is 2. The standard InChI is InChI=1S/C65H93N11O22S2/c1-35-30-76-55(56(35)85)61(90)67-29-44(80)27-46(68-57(86)39-8-10-40(11-9-39)62-72-73-63(99-62)41-12-14-43(15-13-41)74-21-18-37(19-22-74)34-97-24-6-4-5-23-96-3)58(87)69-52(36(2)79)64(91)75-31-45(81)28-47(75)59(88)70-53(50(84)25-38-7-16-48(82)51(26-38)98-100(93,94)95)60(89)71-54(65(76)92)49(83)17-20-66-42(32-77)33-78/h7-16,26,35-37,42,44-47,49-50,52-56,66,77-85,93-95H,4-6,17-25,27-34H2,1-3H3,(H,67,90)(H,68,86)(H,69,87)(H,70,88)(H,71,89)/t35-,36+,44+,45+,46-,47-,49+,50+,52-,53-,54-,55-,56-/m0/s1. The maximum Gasteiger partial charge on any atom is 0.266 e. The van der Waals surface area contributed by atoms with Crippen molar-refractivity contribution < 1.29 is 107 Å². The highest BCUT2D eigenvalue weighted by Crippen LogP contribution is 2.41. The van der Waals surface area contributed by atoms with Crippen LogP contribution in [0.1, 0.15) is 81.1 Å². The van der Waals surface area contributed by atoms with Gasteiger partial charge in [-0.15, -0.1) is 10.2 Å². The van der Waals surface area contributed by atoms with Crippen molar-refractivity contribution in [2.24, 2.45) is 11.8 Å². The maximum absolute atomic E-state index is 15.0. The molecule has 7 amide bonds. The summed E-state index contributed by atoms with van der Waals surface area (Å²) >= 11 is -3.43. The number of ether oxygens (including phenoxy) is 2. The number of rotatable bonds is 26. The molecule has 8 rings (SSSR count). The van der Waals surface area contributed by atoms with Crippen molar-refractivity contribution in [3.8, 4) is 32.6 Å². The third-order valence-corrected chi connectivity index (χ3v) is 19.6. The number of unbranched alkanes of at least 4 members (excludes halogenated alkanes) is 2. The Kier molecular flexibility index (Phi) is 28.6. The molecule has 4 fully saturated rings. The smallest absolute Gasteiger partial charge is 0.266 e. The van der Waals surface area contributed by atoms with E-state index in [1.54, 1.807) is 19.2 Å². The van der Waals surface area contributed by atoms with Crippen molar-refractivity contribution in [1.82, 2.24) is 51.9 Å². The molecule has 1 aromatic heterocycles. The Morgan fingerprint density at radius 2 is 1.37 bits per heavy atom. The third kappa shape index (κ3) is 21.2. The summed E-state index contributed by atoms with van der Waals surface area (Å²) in [4.78, 5) is 106. The van der Waals surface area contributed by atoms with Crippen LogP contribution >= 0.6 is 22.5 Å². The molecule has 4 aromatic rings. The molecular weight excluding hydrogens is 1350 g/mol. The lowest BCUT2D eigenvalue weighted by Crippen LogP contribution is -2.64. The largest absolute Gasteiger partial charge is 0.504 e. The SMILES string of the molecule is COCCCCCOCC1CCN(c2ccc(-c3nnc(-c4ccc(C(=O)N[C@H]5C[C@@H](O)CNC(=O)[C@@H]6[C@@H](O)[C@@H](C)CN6C(=O)[C@H]([C@H](O)CCNC(CO)CO)NC(=O)[C@H]([C@H](O)Cc6ccc(O)c(OS(O)(O)O)c6)NC(=O)[C@@H]6C[C@@H](O)CN6C(=O)[C@H]([C@@H](C)O)NC5=O)cc4)s3)cc2)CC1. The van der Waals surface area contributed by atoms with Crippen LogP contribution in [0.5, 0.6) is 11.5 Å². The van der Waals surface area contributed by atoms with Gasteiger partial charge in [0.25, 0.3) is 17.1 Å². The van der Waals surface area contributed by atoms with Crippen molar-refractivity contribution in [1.29, 1.82) is 0 Å². The molecule has 100 heavy (non-hydrogen) atoms. The number of hydrogen-bond acceptors (Lipinski definition) is 27. The summed E-state index contributed by atoms with van der Waals surface area (Å²) in [5.41, 5.74) is 2.46. The molecule has 3 aromatic carbocycles. The number of nitrogens with zero attached hydrogens (tertiary/aromatic N) is 5. The number of β-amino-alcohol motifs (C(OH)–C–C–N with tert-alkyl or cyclic N) is 1. The summed E-state index contributed by atoms with van der Waals surface area (Å²) < 4.78 is 44.5. The van der Waals surface area contributed by atoms with Crippen molar-refractivity contribution in [2.75, 3.05) is 84.3 Å². The van der Waals surface area contributed by atoms with Gasteiger partial charge in [0, 0.05) is 107 Å². The summed E-state index contributed by atoms with van der Waals surface area (Å²) in [7, 11) is 1.71. The molecule has 0 radical (unpaired) electrons. The Morgan fingerprint density at radius 1 is 0.740 bits per heavy atom. The lowest BCUT2D eigenvalue weighted by molar-refractivity contribution is -0.147. The molecule has 33 nitrogen and oxygen atoms in total. The van der Waals surface area contributed by atoms with Crippen LogP contribution in [0.2, 0.25) is 0 Å². The van der Waals surface area contributed by atoms with Gasteiger partial charge in [0.1, 0.15) is 46.3 Å². The predicted molar refractivity (Wildman–Crippen MR) is 362 cm³/mol. The predicted octanol–water partition coefficient (Wildman–Crippen LogP) is -1.57. The number of piperidine rings is 1. The minimum absolute atomic E-state index is 0.00365. The number of benzene rings is 3. The van der Waals surface area contributed by atoms with E-state index >= 15 is 0 Å². The average molecular weight is 1440 g/mol. The first-order valence-electron chi connectivity index (χ1n) is 33.2. The second-order valence-electron chi connectivity index (χ2n) is 25.8. The van der Waals surface area contributed by atoms with Gasteiger partial charge >= 0.3 is 0 Å². The first kappa shape index (κ1) is 78.4. The molecule has 13 atom stereocenters. The number of aliphatic hydroxyl groups is 8. The normalized spacial score (nSPS) is 25.2. The number of anilines is 1. The summed E-state index contributed by atoms with van der Waals surface area (Å²) in [5, 5.41) is 124. The molecule has 552 valence electrons. The third-order valence-electron chi connectivity index (χ3n) is 18.1. The van der Waals surface area contributed by atoms with E-state index < -0.39 is 201 Å². The molecule has 18 N–H and O–H groups in total. The average Bonchev–Trinajstić information content (AvgIpc) is 1.63. The van der Waals surface area contributed by atoms with Crippen LogP contribution in [-0.4, -0.2) is 279 Å². The number of carbonyl (C=O) groups excluding carboxylic acids is 7. The topological polar surface area (TPSA) is 498 Å². The van der Waals surface area contributed by atoms with Crippen molar-refractivity contribution >= 4 is 69.5 Å². The summed E-state index contributed by atoms with van der Waals surface area (Å²) in [6.07, 6.45) is -7.90. The number of phenols is 1. The van der Waals surface area contributed by atoms with Crippen LogP contribution in [0.4, 0.5) is 5.69 Å². The Hall–Kier alpha value is -7.30. The molecule has 0 bridgehead atoms. The van der Waals surface area contributed by atoms with Gasteiger partial charge in [-0.25, -0.2) is 0 Å². The number of phenolic OH excluding ortho intramolecular Hbond substituents is 1. The minimum atomic E-state index is -4.75. The zero-order valence-electron chi connectivity index (χ0n) is 55.7. The van der Waals surface area contributed by atoms with Crippen LogP contribution < -0.4 is 41.0 Å². The Morgan fingerprint density at radius 3 is 2.01 bits per heavy atom. The van der Waals surface area contributed by atoms with Gasteiger partial charge in [-0.2, -0.15) is 0 Å². The van der Waals surface area contributed by atoms with Gasteiger partial charge in [-0.3, -0.25) is 47.2 Å². The van der Waals surface area contributed by atoms with E-state index in [-0.39, 0.29) is 24.2 Å². The van der Waals surface area contributed by atoms with E-state index in [1.807, 2.05) is 12.1 Å². The second-order valence-corrected chi connectivity index (χ2v) is 27.8. The molecule has 5 heterocycles. The molecule has 0 aliphatic carbocycles. The first-order valence-corrected chi connectivity index (χ1v) is 35.4. The van der Waals surface area contributed by atoms with Gasteiger partial charge in [0.15, 0.2) is 11.5 Å². The zero-order chi connectivity index (χ0) is 72.5. The fraction of sp³-hybridized carbons (Fsp3) is 0.585. The van der Waals surface area contributed by atoms with E-state index in [9.17, 15) is 93.2 Å². The highest BCUT2D eigenvalue weighted by atomic mass is 32.3. The monoisotopic (exact) mass is 1440 g/mol. The number of hydrogen-bond donors (Lipinski definition) is 18. The molecule has 4 aliphatic rings. The molecule has 0 unspecified atom stereocenters. The van der Waals surface area contributed by atoms with Crippen LogP contribution in [-0.2, 0) is 44.7 Å². The van der Waals surface area contributed by atoms with E-state index in [4.69, 9.17) is 9.47 Å². The van der Waals surface area contributed by atoms with E-state index in [2.05, 4.69) is 63.3 Å². The number of amides is 7. The van der Waals surface area contributed by atoms with Crippen LogP contribution in [0.15, 0.2) is 66.7 Å². The summed E-state index contributed by atoms with van der Waals surface area (Å²) in [6, 6.07) is 4.66. The number of nitrogens with one attached hydrogen (secondary N) is 6. The van der Waals surface area contributed by atoms with E-state index in [0.29, 0.717) is 21.5 Å². The van der Waals surface area contributed by atoms with Crippen LogP contribution in [0, 0.1) is 11.8 Å². The van der Waals surface area contributed by atoms with Crippen molar-refractivity contribution in [3.63, 3.8) is 0 Å². The highest BCUT2D eigenvalue weighted by Gasteiger charge is 2.50. The minimum Gasteiger partial charge on any atom is -0.504 e. The van der Waals surface area contributed by atoms with Gasteiger partial charge < -0.3 is 106 Å². The Bertz CT molecular complexity index is 3380. The van der Waals surface area contributed by atoms with Crippen molar-refractivity contribution in [2.45, 2.75) is 151 Å². The first-order chi connectivity index (χ1) is 47.7. The van der Waals surface area contributed by atoms with Gasteiger partial charge in [0.2, 0.25) is 35.4 Å². The second kappa shape index (κ2) is 36.5. The van der Waals surface area contributed by atoms with Gasteiger partial charge in [-0.05, 0) is 112 Å². The van der Waals surface area contributed by atoms with Gasteiger partial charge in [0.05, 0.1) is 55.9 Å². The molecule has 4 aliphatic heterocycles. The molecule has 4 saturated heterocycles. The lowest BCUT2D eigenvalue weighted by atomic mass is 9.97. The van der Waals surface area contributed by atoms with E-state index in [1.165, 1.54) is 36.5 Å². The van der Waals surface area contributed by atoms with Crippen LogP contribution in [0.25, 0.3) is 21.1 Å². The molecular formula is C65H93N11O22S2. The maximum atomic E-state index is 15.0. The number of fused-ring (bicyclic) bond motifs is 2. The number of aromatic hydroxyl groups is 1. The van der Waals surface area contributed by atoms with Crippen LogP contribution in [0.3, 0.4) is 0 Å². The number of aliphatic hydroxyl groups excluding tert-OH is 8. The Labute approximate surface area is 583 Å². The fourth-order valence-corrected chi connectivity index (χ4v) is 13.7. The summed E-state index contributed by atoms with van der Waals surface area (Å²) in [6.45, 7) is 3.61. The van der Waals surface area contributed by atoms with E-state index in [0.717, 1.165) is 105 Å². The lowest BCUT2D eigenvalue weighted by Gasteiger charge is -2.34. The van der Waals surface area contributed by atoms with Gasteiger partial charge in [-0.1, -0.05) is 36.5 Å². The number of carbonyl (C=O) groups is 7. The zero-order valence-corrected chi connectivity index (χ0v) is 57.3. The quantitative estimate of drug-likeness (QED) is 0.0316. The highest BCUT2D eigenvalue weighted by molar-refractivity contribution is 8.15. The van der Waals surface area contributed by atoms with Crippen molar-refractivity contribution in [3.05, 3.63) is 77.9 Å². The molecule has 35 heteroatoms. The summed E-state index contributed by atoms with van der Waals surface area (Å²) in [5.74, 6) is -9.99. The molecule has 0 saturated carbocycles. The fourth-order valence-electron chi connectivity index (χ4n) is 12.5. The Balaban J connectivity index is 1.03.